The second kappa shape index (κ2) is 9.19. The van der Waals surface area contributed by atoms with E-state index in [4.69, 9.17) is 19.2 Å². The quantitative estimate of drug-likeness (QED) is 0.729. The van der Waals surface area contributed by atoms with Crippen LogP contribution in [0, 0.1) is 0 Å². The van der Waals surface area contributed by atoms with Crippen molar-refractivity contribution in [3.63, 3.8) is 0 Å². The summed E-state index contributed by atoms with van der Waals surface area (Å²) in [6, 6.07) is 0.0962. The predicted molar refractivity (Wildman–Crippen MR) is 109 cm³/mol. The van der Waals surface area contributed by atoms with Gasteiger partial charge in [-0.1, -0.05) is 0 Å². The zero-order chi connectivity index (χ0) is 20.2. The molecule has 0 unspecified atom stereocenters. The van der Waals surface area contributed by atoms with Crippen LogP contribution in [0.1, 0.15) is 50.5 Å². The minimum absolute atomic E-state index is 0.0147. The van der Waals surface area contributed by atoms with E-state index in [2.05, 4.69) is 15.3 Å². The number of aromatic nitrogens is 3. The molecule has 2 aromatic heterocycles. The van der Waals surface area contributed by atoms with Crippen LogP contribution in [0.25, 0.3) is 10.9 Å². The first-order chi connectivity index (χ1) is 14.1. The van der Waals surface area contributed by atoms with Crippen LogP contribution in [0.5, 0.6) is 5.88 Å². The molecule has 2 atom stereocenters. The second-order valence-electron chi connectivity index (χ2n) is 8.08. The van der Waals surface area contributed by atoms with Gasteiger partial charge in [0.25, 0.3) is 0 Å². The molecule has 1 saturated carbocycles. The van der Waals surface area contributed by atoms with Crippen LogP contribution >= 0.6 is 0 Å². The van der Waals surface area contributed by atoms with Gasteiger partial charge in [-0.05, 0) is 38.5 Å². The molecule has 2 N–H and O–H groups in total. The van der Waals surface area contributed by atoms with Crippen molar-refractivity contribution in [2.75, 3.05) is 32.2 Å². The van der Waals surface area contributed by atoms with Crippen LogP contribution in [-0.4, -0.2) is 65.2 Å². The highest BCUT2D eigenvalue weighted by molar-refractivity contribution is 5.86. The highest BCUT2D eigenvalue weighted by Crippen LogP contribution is 2.38. The topological polar surface area (TPSA) is 98.6 Å². The van der Waals surface area contributed by atoms with Gasteiger partial charge >= 0.3 is 0 Å². The van der Waals surface area contributed by atoms with E-state index < -0.39 is 0 Å². The third-order valence-electron chi connectivity index (χ3n) is 5.71. The molecular formula is C21H30N4O4. The zero-order valence-corrected chi connectivity index (χ0v) is 17.1. The minimum atomic E-state index is -0.197. The molecule has 4 rings (SSSR count). The van der Waals surface area contributed by atoms with Gasteiger partial charge in [0, 0.05) is 37.5 Å². The van der Waals surface area contributed by atoms with Crippen LogP contribution < -0.4 is 10.1 Å². The molecule has 8 nitrogen and oxygen atoms in total. The molecule has 2 aliphatic rings. The molecule has 29 heavy (non-hydrogen) atoms. The maximum absolute atomic E-state index is 9.89. The van der Waals surface area contributed by atoms with Crippen LogP contribution in [0.2, 0.25) is 0 Å². The summed E-state index contributed by atoms with van der Waals surface area (Å²) in [5.74, 6) is 1.46. The van der Waals surface area contributed by atoms with Gasteiger partial charge in [0.15, 0.2) is 0 Å². The highest BCUT2D eigenvalue weighted by atomic mass is 16.5. The first-order valence-electron chi connectivity index (χ1n) is 10.5. The third-order valence-corrected chi connectivity index (χ3v) is 5.71. The number of pyridine rings is 1. The molecule has 0 bridgehead atoms. The van der Waals surface area contributed by atoms with Crippen molar-refractivity contribution in [3.05, 3.63) is 18.0 Å². The second-order valence-corrected chi connectivity index (χ2v) is 8.08. The largest absolute Gasteiger partial charge is 0.471 e. The summed E-state index contributed by atoms with van der Waals surface area (Å²) in [6.45, 7) is 3.90. The normalized spacial score (nSPS) is 25.8. The third kappa shape index (κ3) is 4.76. The number of ether oxygens (including phenoxy) is 3. The van der Waals surface area contributed by atoms with Gasteiger partial charge in [-0.2, -0.15) is 0 Å². The Bertz CT molecular complexity index is 820. The summed E-state index contributed by atoms with van der Waals surface area (Å²) in [5.41, 5.74) is 1.98. The fourth-order valence-corrected chi connectivity index (χ4v) is 4.14. The standard InChI is InChI=1S/C21H30N4O4/c1-13(11-27-2)24-21-23-10-18-19(25-21)17(14-3-5-15(26)6-4-14)9-22-20(18)29-16-7-8-28-12-16/h9-10,13-16,26H,3-8,11-12H2,1-2H3,(H,23,24,25)/t13-,14?,15?,16+/m0/s1. The zero-order valence-electron chi connectivity index (χ0n) is 17.1. The Labute approximate surface area is 171 Å². The van der Waals surface area contributed by atoms with Crippen molar-refractivity contribution < 1.29 is 19.3 Å². The molecule has 3 heterocycles. The highest BCUT2D eigenvalue weighted by Gasteiger charge is 2.26. The Balaban J connectivity index is 1.68. The van der Waals surface area contributed by atoms with Gasteiger partial charge < -0.3 is 24.6 Å². The smallest absolute Gasteiger partial charge is 0.224 e. The number of hydrogen-bond donors (Lipinski definition) is 2. The molecule has 0 radical (unpaired) electrons. The summed E-state index contributed by atoms with van der Waals surface area (Å²) in [6.07, 6.45) is 7.85. The number of aliphatic hydroxyl groups excluding tert-OH is 1. The van der Waals surface area contributed by atoms with Gasteiger partial charge in [-0.25, -0.2) is 15.0 Å². The molecule has 1 saturated heterocycles. The Morgan fingerprint density at radius 2 is 2.03 bits per heavy atom. The van der Waals surface area contributed by atoms with Crippen molar-refractivity contribution in [2.45, 2.75) is 63.2 Å². The lowest BCUT2D eigenvalue weighted by molar-refractivity contribution is 0.122. The molecule has 2 fully saturated rings. The summed E-state index contributed by atoms with van der Waals surface area (Å²) in [4.78, 5) is 14.0. The Morgan fingerprint density at radius 1 is 1.21 bits per heavy atom. The van der Waals surface area contributed by atoms with E-state index in [0.29, 0.717) is 37.6 Å². The number of aliphatic hydroxyl groups is 1. The predicted octanol–water partition coefficient (Wildman–Crippen LogP) is 2.66. The molecule has 0 amide bonds. The molecule has 8 heteroatoms. The number of methoxy groups -OCH3 is 1. The number of rotatable bonds is 7. The Hall–Kier alpha value is -2.03. The lowest BCUT2D eigenvalue weighted by Crippen LogP contribution is -2.22. The molecule has 0 aromatic carbocycles. The van der Waals surface area contributed by atoms with Crippen molar-refractivity contribution in [1.29, 1.82) is 0 Å². The molecular weight excluding hydrogens is 372 g/mol. The van der Waals surface area contributed by atoms with Crippen LogP contribution in [-0.2, 0) is 9.47 Å². The molecule has 1 aliphatic carbocycles. The van der Waals surface area contributed by atoms with E-state index in [1.807, 2.05) is 13.1 Å². The number of fused-ring (bicyclic) bond motifs is 1. The monoisotopic (exact) mass is 402 g/mol. The van der Waals surface area contributed by atoms with E-state index in [9.17, 15) is 5.11 Å². The molecule has 2 aromatic rings. The Kier molecular flexibility index (Phi) is 6.42. The van der Waals surface area contributed by atoms with Crippen molar-refractivity contribution >= 4 is 16.9 Å². The fourth-order valence-electron chi connectivity index (χ4n) is 4.14. The lowest BCUT2D eigenvalue weighted by Gasteiger charge is -2.26. The summed E-state index contributed by atoms with van der Waals surface area (Å²) in [5, 5.41) is 14.0. The first-order valence-corrected chi connectivity index (χ1v) is 10.5. The van der Waals surface area contributed by atoms with Gasteiger partial charge in [0.05, 0.1) is 36.8 Å². The summed E-state index contributed by atoms with van der Waals surface area (Å²) in [7, 11) is 1.68. The van der Waals surface area contributed by atoms with E-state index in [1.54, 1.807) is 13.3 Å². The van der Waals surface area contributed by atoms with Gasteiger partial charge in [0.1, 0.15) is 6.10 Å². The SMILES string of the molecule is COC[C@H](C)Nc1ncc2c(O[C@@H]3CCOC3)ncc(C3CCC(O)CC3)c2n1. The minimum Gasteiger partial charge on any atom is -0.471 e. The van der Waals surface area contributed by atoms with E-state index >= 15 is 0 Å². The van der Waals surface area contributed by atoms with Gasteiger partial charge in [-0.15, -0.1) is 0 Å². The van der Waals surface area contributed by atoms with Crippen LogP contribution in [0.4, 0.5) is 5.95 Å². The summed E-state index contributed by atoms with van der Waals surface area (Å²) >= 11 is 0. The van der Waals surface area contributed by atoms with Crippen molar-refractivity contribution in [1.82, 2.24) is 15.0 Å². The number of hydrogen-bond acceptors (Lipinski definition) is 8. The fraction of sp³-hybridized carbons (Fsp3) is 0.667. The molecule has 158 valence electrons. The van der Waals surface area contributed by atoms with E-state index in [-0.39, 0.29) is 18.2 Å². The number of anilines is 1. The van der Waals surface area contributed by atoms with Crippen molar-refractivity contribution in [2.24, 2.45) is 0 Å². The Morgan fingerprint density at radius 3 is 2.76 bits per heavy atom. The average molecular weight is 402 g/mol. The number of nitrogens with one attached hydrogen (secondary N) is 1. The molecule has 0 spiro atoms. The lowest BCUT2D eigenvalue weighted by atomic mass is 9.83. The number of nitrogens with zero attached hydrogens (tertiary/aromatic N) is 3. The van der Waals surface area contributed by atoms with E-state index in [1.165, 1.54) is 0 Å². The van der Waals surface area contributed by atoms with Gasteiger partial charge in [0.2, 0.25) is 11.8 Å². The van der Waals surface area contributed by atoms with Gasteiger partial charge in [-0.3, -0.25) is 0 Å². The first kappa shape index (κ1) is 20.3. The maximum Gasteiger partial charge on any atom is 0.224 e. The molecule has 1 aliphatic heterocycles. The van der Waals surface area contributed by atoms with Crippen LogP contribution in [0.15, 0.2) is 12.4 Å². The maximum atomic E-state index is 9.89. The van der Waals surface area contributed by atoms with Crippen molar-refractivity contribution in [3.8, 4) is 5.88 Å². The summed E-state index contributed by atoms with van der Waals surface area (Å²) < 4.78 is 16.7. The average Bonchev–Trinajstić information content (AvgIpc) is 3.22. The van der Waals surface area contributed by atoms with E-state index in [0.717, 1.165) is 48.6 Å². The van der Waals surface area contributed by atoms with Crippen LogP contribution in [0.3, 0.4) is 0 Å².